The van der Waals surface area contributed by atoms with Crippen LogP contribution < -0.4 is 10.6 Å². The van der Waals surface area contributed by atoms with Gasteiger partial charge in [-0.1, -0.05) is 59.9 Å². The van der Waals surface area contributed by atoms with Gasteiger partial charge in [-0.2, -0.15) is 0 Å². The van der Waals surface area contributed by atoms with Crippen molar-refractivity contribution in [1.29, 1.82) is 0 Å². The van der Waals surface area contributed by atoms with Gasteiger partial charge in [0.2, 0.25) is 11.0 Å². The summed E-state index contributed by atoms with van der Waals surface area (Å²) in [6.07, 6.45) is 0.863. The molecule has 1 atom stereocenters. The van der Waals surface area contributed by atoms with Gasteiger partial charge in [-0.05, 0) is 18.9 Å². The van der Waals surface area contributed by atoms with Crippen LogP contribution in [0.4, 0.5) is 5.13 Å². The molecule has 0 bridgehead atoms. The summed E-state index contributed by atoms with van der Waals surface area (Å²) < 4.78 is 0.794. The second-order valence-electron chi connectivity index (χ2n) is 4.85. The summed E-state index contributed by atoms with van der Waals surface area (Å²) in [7, 11) is 1.80. The molecule has 7 heteroatoms. The maximum Gasteiger partial charge on any atom is 0.230 e. The number of thioether (sulfide) groups is 1. The number of hydrogen-bond acceptors (Lipinski definition) is 6. The minimum absolute atomic E-state index is 0.0126. The van der Waals surface area contributed by atoms with E-state index in [1.165, 1.54) is 28.7 Å². The van der Waals surface area contributed by atoms with Crippen molar-refractivity contribution in [2.24, 2.45) is 0 Å². The Morgan fingerprint density at radius 2 is 2.05 bits per heavy atom. The molecule has 1 amide bonds. The van der Waals surface area contributed by atoms with Gasteiger partial charge < -0.3 is 10.6 Å². The number of nitrogens with zero attached hydrogens (tertiary/aromatic N) is 2. The van der Waals surface area contributed by atoms with E-state index in [0.29, 0.717) is 5.75 Å². The van der Waals surface area contributed by atoms with Crippen LogP contribution in [0.3, 0.4) is 0 Å². The summed E-state index contributed by atoms with van der Waals surface area (Å²) >= 11 is 2.85. The number of hydrogen-bond donors (Lipinski definition) is 2. The average molecular weight is 336 g/mol. The van der Waals surface area contributed by atoms with Crippen LogP contribution in [0.2, 0.25) is 0 Å². The molecule has 118 valence electrons. The van der Waals surface area contributed by atoms with Crippen LogP contribution in [0.1, 0.15) is 30.5 Å². The van der Waals surface area contributed by atoms with Gasteiger partial charge in [0.15, 0.2) is 4.34 Å². The van der Waals surface area contributed by atoms with Gasteiger partial charge in [-0.3, -0.25) is 4.79 Å². The van der Waals surface area contributed by atoms with Crippen LogP contribution in [-0.4, -0.2) is 28.9 Å². The third-order valence-electron chi connectivity index (χ3n) is 3.17. The van der Waals surface area contributed by atoms with Crippen molar-refractivity contribution in [3.05, 3.63) is 35.4 Å². The summed E-state index contributed by atoms with van der Waals surface area (Å²) in [6, 6.07) is 8.33. The zero-order valence-electron chi connectivity index (χ0n) is 12.9. The lowest BCUT2D eigenvalue weighted by molar-refractivity contribution is -0.119. The molecule has 1 aromatic heterocycles. The highest BCUT2D eigenvalue weighted by Gasteiger charge is 2.13. The van der Waals surface area contributed by atoms with Crippen LogP contribution in [0.15, 0.2) is 28.6 Å². The molecule has 2 rings (SSSR count). The van der Waals surface area contributed by atoms with E-state index in [1.54, 1.807) is 7.05 Å². The number of amides is 1. The van der Waals surface area contributed by atoms with Gasteiger partial charge in [-0.25, -0.2) is 0 Å². The van der Waals surface area contributed by atoms with Gasteiger partial charge in [0, 0.05) is 7.05 Å². The van der Waals surface area contributed by atoms with Crippen molar-refractivity contribution in [3.8, 4) is 0 Å². The zero-order chi connectivity index (χ0) is 15.9. The Hall–Kier alpha value is -1.60. The van der Waals surface area contributed by atoms with E-state index in [-0.39, 0.29) is 11.9 Å². The van der Waals surface area contributed by atoms with Crippen LogP contribution in [0, 0.1) is 6.92 Å². The first kappa shape index (κ1) is 16.8. The molecule has 2 aromatic rings. The minimum Gasteiger partial charge on any atom is -0.363 e. The van der Waals surface area contributed by atoms with Gasteiger partial charge >= 0.3 is 0 Å². The Morgan fingerprint density at radius 1 is 1.32 bits per heavy atom. The number of benzene rings is 1. The lowest BCUT2D eigenvalue weighted by Gasteiger charge is -2.17. The molecule has 22 heavy (non-hydrogen) atoms. The maximum atomic E-state index is 12.1. The van der Waals surface area contributed by atoms with Crippen LogP contribution in [0.25, 0.3) is 0 Å². The Kier molecular flexibility index (Phi) is 6.21. The molecule has 1 aromatic carbocycles. The van der Waals surface area contributed by atoms with E-state index in [2.05, 4.69) is 58.9 Å². The summed E-state index contributed by atoms with van der Waals surface area (Å²) in [4.78, 5) is 12.1. The number of nitrogens with one attached hydrogen (secondary N) is 2. The maximum absolute atomic E-state index is 12.1. The first-order valence-electron chi connectivity index (χ1n) is 7.12. The van der Waals surface area contributed by atoms with Gasteiger partial charge in [0.1, 0.15) is 0 Å². The summed E-state index contributed by atoms with van der Waals surface area (Å²) in [5.74, 6) is 0.361. The summed E-state index contributed by atoms with van der Waals surface area (Å²) in [5.41, 5.74) is 2.36. The van der Waals surface area contributed by atoms with Crippen LogP contribution >= 0.6 is 23.1 Å². The summed E-state index contributed by atoms with van der Waals surface area (Å²) in [5, 5.41) is 14.7. The van der Waals surface area contributed by atoms with Crippen LogP contribution in [-0.2, 0) is 4.79 Å². The number of carbonyl (C=O) groups is 1. The molecular formula is C15H20N4OS2. The third kappa shape index (κ3) is 4.71. The van der Waals surface area contributed by atoms with E-state index >= 15 is 0 Å². The predicted molar refractivity (Wildman–Crippen MR) is 92.5 cm³/mol. The molecule has 0 aliphatic heterocycles. The topological polar surface area (TPSA) is 66.9 Å². The fourth-order valence-corrected chi connectivity index (χ4v) is 3.47. The zero-order valence-corrected chi connectivity index (χ0v) is 14.6. The monoisotopic (exact) mass is 336 g/mol. The van der Waals surface area contributed by atoms with E-state index in [0.717, 1.165) is 21.5 Å². The highest BCUT2D eigenvalue weighted by molar-refractivity contribution is 8.01. The Bertz CT molecular complexity index is 612. The van der Waals surface area contributed by atoms with Gasteiger partial charge in [-0.15, -0.1) is 10.2 Å². The van der Waals surface area contributed by atoms with Gasteiger partial charge in [0.05, 0.1) is 11.8 Å². The van der Waals surface area contributed by atoms with Crippen molar-refractivity contribution in [2.45, 2.75) is 30.6 Å². The molecule has 5 nitrogen and oxygen atoms in total. The Balaban J connectivity index is 1.87. The van der Waals surface area contributed by atoms with Crippen molar-refractivity contribution >= 4 is 34.1 Å². The molecule has 2 N–H and O–H groups in total. The molecule has 0 saturated heterocycles. The molecule has 0 fully saturated rings. The fourth-order valence-electron chi connectivity index (χ4n) is 1.95. The van der Waals surface area contributed by atoms with E-state index in [4.69, 9.17) is 0 Å². The fraction of sp³-hybridized carbons (Fsp3) is 0.400. The second kappa shape index (κ2) is 8.14. The first-order valence-corrected chi connectivity index (χ1v) is 8.92. The lowest BCUT2D eigenvalue weighted by atomic mass is 10.0. The highest BCUT2D eigenvalue weighted by atomic mass is 32.2. The minimum atomic E-state index is 0.0126. The van der Waals surface area contributed by atoms with Crippen molar-refractivity contribution in [1.82, 2.24) is 15.5 Å². The van der Waals surface area contributed by atoms with Crippen molar-refractivity contribution in [2.75, 3.05) is 18.1 Å². The number of anilines is 1. The molecule has 0 spiro atoms. The number of aromatic nitrogens is 2. The molecule has 0 aliphatic carbocycles. The lowest BCUT2D eigenvalue weighted by Crippen LogP contribution is -2.29. The Labute approximate surface area is 138 Å². The molecule has 0 unspecified atom stereocenters. The molecular weight excluding hydrogens is 316 g/mol. The molecule has 1 heterocycles. The SMILES string of the molecule is CC[C@H](NC(=O)CSc1nnc(NC)s1)c1ccc(C)cc1. The second-order valence-corrected chi connectivity index (χ2v) is 7.05. The van der Waals surface area contributed by atoms with Crippen molar-refractivity contribution < 1.29 is 4.79 Å². The van der Waals surface area contributed by atoms with E-state index in [1.807, 2.05) is 0 Å². The number of carbonyl (C=O) groups excluding carboxylic acids is 1. The largest absolute Gasteiger partial charge is 0.363 e. The molecule has 0 aliphatic rings. The quantitative estimate of drug-likeness (QED) is 0.760. The first-order chi connectivity index (χ1) is 10.6. The third-order valence-corrected chi connectivity index (χ3v) is 5.24. The number of rotatable bonds is 7. The molecule has 0 radical (unpaired) electrons. The average Bonchev–Trinajstić information content (AvgIpc) is 2.99. The standard InChI is InChI=1S/C15H20N4OS2/c1-4-12(11-7-5-10(2)6-8-11)17-13(20)9-21-15-19-18-14(16-3)22-15/h5-8,12H,4,9H2,1-3H3,(H,16,18)(H,17,20)/t12-/m0/s1. The predicted octanol–water partition coefficient (Wildman–Crippen LogP) is 3.25. The van der Waals surface area contributed by atoms with E-state index in [9.17, 15) is 4.79 Å². The van der Waals surface area contributed by atoms with Crippen molar-refractivity contribution in [3.63, 3.8) is 0 Å². The summed E-state index contributed by atoms with van der Waals surface area (Å²) in [6.45, 7) is 4.13. The number of aryl methyl sites for hydroxylation is 1. The van der Waals surface area contributed by atoms with Gasteiger partial charge in [0.25, 0.3) is 0 Å². The highest BCUT2D eigenvalue weighted by Crippen LogP contribution is 2.25. The Morgan fingerprint density at radius 3 is 2.64 bits per heavy atom. The van der Waals surface area contributed by atoms with E-state index < -0.39 is 0 Å². The molecule has 0 saturated carbocycles. The smallest absolute Gasteiger partial charge is 0.230 e. The van der Waals surface area contributed by atoms with Crippen LogP contribution in [0.5, 0.6) is 0 Å². The normalized spacial score (nSPS) is 12.0.